The fourth-order valence-corrected chi connectivity index (χ4v) is 3.90. The number of hydrogen-bond donors (Lipinski definition) is 1. The Labute approximate surface area is 127 Å². The Morgan fingerprint density at radius 3 is 2.73 bits per heavy atom. The van der Waals surface area contributed by atoms with Crippen LogP contribution in [0.1, 0.15) is 16.8 Å². The van der Waals surface area contributed by atoms with Crippen molar-refractivity contribution in [2.24, 2.45) is 0 Å². The predicted octanol–water partition coefficient (Wildman–Crippen LogP) is 1.09. The van der Waals surface area contributed by atoms with Crippen LogP contribution in [0.25, 0.3) is 0 Å². The Hall–Kier alpha value is -2.06. The molecule has 22 heavy (non-hydrogen) atoms. The second-order valence-electron chi connectivity index (χ2n) is 5.17. The smallest absolute Gasteiger partial charge is 0.220 e. The lowest BCUT2D eigenvalue weighted by Crippen LogP contribution is -2.37. The number of anilines is 1. The fourth-order valence-electron chi connectivity index (χ4n) is 2.41. The molecule has 1 aliphatic heterocycles. The van der Waals surface area contributed by atoms with E-state index >= 15 is 0 Å². The number of benzene rings is 1. The summed E-state index contributed by atoms with van der Waals surface area (Å²) in [6, 6.07) is 5.46. The van der Waals surface area contributed by atoms with E-state index in [1.165, 1.54) is 28.6 Å². The van der Waals surface area contributed by atoms with Crippen molar-refractivity contribution in [2.75, 3.05) is 12.3 Å². The van der Waals surface area contributed by atoms with Crippen LogP contribution in [0.4, 0.5) is 10.3 Å². The molecule has 1 aromatic heterocycles. The van der Waals surface area contributed by atoms with Gasteiger partial charge in [0.2, 0.25) is 16.0 Å². The zero-order chi connectivity index (χ0) is 15.7. The maximum absolute atomic E-state index is 12.9. The van der Waals surface area contributed by atoms with Gasteiger partial charge in [0.05, 0.1) is 18.0 Å². The molecule has 0 unspecified atom stereocenters. The molecule has 0 bridgehead atoms. The van der Waals surface area contributed by atoms with Crippen LogP contribution in [0.3, 0.4) is 0 Å². The number of halogens is 1. The second kappa shape index (κ2) is 5.62. The Balaban J connectivity index is 1.80. The standard InChI is InChI=1S/C14H15FN4O2S/c15-12-3-1-10(2-4-12)9-22(20,21)19-6-5-11-7-17-14(16)18-13(11)8-19/h1-4,7H,5-6,8-9H2,(H2,16,17,18). The third-order valence-corrected chi connectivity index (χ3v) is 5.38. The van der Waals surface area contributed by atoms with Crippen LogP contribution in [0.15, 0.2) is 30.5 Å². The highest BCUT2D eigenvalue weighted by atomic mass is 32.2. The van der Waals surface area contributed by atoms with Crippen LogP contribution in [0.2, 0.25) is 0 Å². The molecule has 0 aliphatic carbocycles. The number of aromatic nitrogens is 2. The summed E-state index contributed by atoms with van der Waals surface area (Å²) in [5, 5.41) is 0. The van der Waals surface area contributed by atoms with Gasteiger partial charge in [-0.1, -0.05) is 12.1 Å². The molecule has 0 amide bonds. The van der Waals surface area contributed by atoms with Crippen LogP contribution in [0, 0.1) is 5.82 Å². The van der Waals surface area contributed by atoms with Gasteiger partial charge in [-0.3, -0.25) is 0 Å². The molecule has 2 aromatic rings. The highest BCUT2D eigenvalue weighted by Crippen LogP contribution is 2.21. The average molecular weight is 322 g/mol. The zero-order valence-electron chi connectivity index (χ0n) is 11.7. The molecule has 2 heterocycles. The molecule has 0 radical (unpaired) electrons. The molecular formula is C14H15FN4O2S. The molecule has 0 saturated carbocycles. The van der Waals surface area contributed by atoms with Crippen molar-refractivity contribution >= 4 is 16.0 Å². The lowest BCUT2D eigenvalue weighted by Gasteiger charge is -2.27. The Morgan fingerprint density at radius 2 is 2.00 bits per heavy atom. The van der Waals surface area contributed by atoms with E-state index in [2.05, 4.69) is 9.97 Å². The summed E-state index contributed by atoms with van der Waals surface area (Å²) < 4.78 is 39.3. The normalized spacial score (nSPS) is 15.5. The topological polar surface area (TPSA) is 89.2 Å². The van der Waals surface area contributed by atoms with E-state index < -0.39 is 10.0 Å². The molecule has 1 aliphatic rings. The number of rotatable bonds is 3. The number of sulfonamides is 1. The Kier molecular flexibility index (Phi) is 3.79. The van der Waals surface area contributed by atoms with Crippen molar-refractivity contribution in [3.8, 4) is 0 Å². The summed E-state index contributed by atoms with van der Waals surface area (Å²) in [5.74, 6) is -0.417. The number of fused-ring (bicyclic) bond motifs is 1. The van der Waals surface area contributed by atoms with Crippen molar-refractivity contribution in [1.29, 1.82) is 0 Å². The van der Waals surface area contributed by atoms with Gasteiger partial charge >= 0.3 is 0 Å². The quantitative estimate of drug-likeness (QED) is 0.913. The van der Waals surface area contributed by atoms with Crippen LogP contribution < -0.4 is 5.73 Å². The van der Waals surface area contributed by atoms with Gasteiger partial charge in [-0.15, -0.1) is 0 Å². The van der Waals surface area contributed by atoms with Gasteiger partial charge in [0.1, 0.15) is 5.82 Å². The van der Waals surface area contributed by atoms with E-state index in [0.29, 0.717) is 24.2 Å². The molecule has 3 rings (SSSR count). The van der Waals surface area contributed by atoms with Crippen LogP contribution >= 0.6 is 0 Å². The zero-order valence-corrected chi connectivity index (χ0v) is 12.6. The monoisotopic (exact) mass is 322 g/mol. The summed E-state index contributed by atoms with van der Waals surface area (Å²) in [6.45, 7) is 0.565. The minimum atomic E-state index is -3.50. The highest BCUT2D eigenvalue weighted by Gasteiger charge is 2.28. The Morgan fingerprint density at radius 1 is 1.27 bits per heavy atom. The molecule has 6 nitrogen and oxygen atoms in total. The number of hydrogen-bond acceptors (Lipinski definition) is 5. The largest absolute Gasteiger partial charge is 0.368 e. The van der Waals surface area contributed by atoms with Crippen LogP contribution in [-0.2, 0) is 28.7 Å². The van der Waals surface area contributed by atoms with Gasteiger partial charge in [-0.25, -0.2) is 22.8 Å². The number of nitrogens with zero attached hydrogens (tertiary/aromatic N) is 3. The van der Waals surface area contributed by atoms with E-state index in [1.54, 1.807) is 6.20 Å². The fraction of sp³-hybridized carbons (Fsp3) is 0.286. The molecule has 0 atom stereocenters. The van der Waals surface area contributed by atoms with Gasteiger partial charge in [0.15, 0.2) is 0 Å². The van der Waals surface area contributed by atoms with Crippen molar-refractivity contribution in [3.05, 3.63) is 53.1 Å². The van der Waals surface area contributed by atoms with Crippen LogP contribution in [-0.4, -0.2) is 29.2 Å². The van der Waals surface area contributed by atoms with Crippen molar-refractivity contribution in [2.45, 2.75) is 18.7 Å². The number of nitrogen functional groups attached to an aromatic ring is 1. The van der Waals surface area contributed by atoms with Crippen LogP contribution in [0.5, 0.6) is 0 Å². The molecule has 116 valence electrons. The van der Waals surface area contributed by atoms with E-state index in [1.807, 2.05) is 0 Å². The van der Waals surface area contributed by atoms with E-state index in [9.17, 15) is 12.8 Å². The van der Waals surface area contributed by atoms with Gasteiger partial charge in [0.25, 0.3) is 0 Å². The maximum Gasteiger partial charge on any atom is 0.220 e. The third kappa shape index (κ3) is 3.07. The highest BCUT2D eigenvalue weighted by molar-refractivity contribution is 7.88. The molecular weight excluding hydrogens is 307 g/mol. The molecule has 0 spiro atoms. The van der Waals surface area contributed by atoms with Crippen molar-refractivity contribution in [3.63, 3.8) is 0 Å². The van der Waals surface area contributed by atoms with E-state index in [0.717, 1.165) is 5.56 Å². The minimum Gasteiger partial charge on any atom is -0.368 e. The van der Waals surface area contributed by atoms with Gasteiger partial charge in [-0.2, -0.15) is 4.31 Å². The molecule has 1 aromatic carbocycles. The first kappa shape index (κ1) is 14.9. The summed E-state index contributed by atoms with van der Waals surface area (Å²) in [6.07, 6.45) is 2.19. The van der Waals surface area contributed by atoms with Crippen molar-refractivity contribution in [1.82, 2.24) is 14.3 Å². The van der Waals surface area contributed by atoms with Gasteiger partial charge in [0, 0.05) is 12.7 Å². The predicted molar refractivity (Wildman–Crippen MR) is 79.6 cm³/mol. The average Bonchev–Trinajstić information content (AvgIpc) is 2.48. The minimum absolute atomic E-state index is 0.136. The van der Waals surface area contributed by atoms with E-state index in [-0.39, 0.29) is 24.1 Å². The van der Waals surface area contributed by atoms with E-state index in [4.69, 9.17) is 5.73 Å². The first-order chi connectivity index (χ1) is 10.4. The first-order valence-electron chi connectivity index (χ1n) is 6.76. The lowest BCUT2D eigenvalue weighted by atomic mass is 10.1. The lowest BCUT2D eigenvalue weighted by molar-refractivity contribution is 0.384. The SMILES string of the molecule is Nc1ncc2c(n1)CN(S(=O)(=O)Cc1ccc(F)cc1)CC2. The van der Waals surface area contributed by atoms with Gasteiger partial charge < -0.3 is 5.73 Å². The molecule has 2 N–H and O–H groups in total. The molecule has 0 saturated heterocycles. The summed E-state index contributed by atoms with van der Waals surface area (Å²) in [4.78, 5) is 8.03. The molecule has 8 heteroatoms. The van der Waals surface area contributed by atoms with Crippen molar-refractivity contribution < 1.29 is 12.8 Å². The number of nitrogens with two attached hydrogens (primary N) is 1. The summed E-state index contributed by atoms with van der Waals surface area (Å²) in [7, 11) is -3.50. The summed E-state index contributed by atoms with van der Waals surface area (Å²) >= 11 is 0. The second-order valence-corrected chi connectivity index (χ2v) is 7.14. The Bertz CT molecular complexity index is 793. The first-order valence-corrected chi connectivity index (χ1v) is 8.37. The molecule has 0 fully saturated rings. The third-order valence-electron chi connectivity index (χ3n) is 3.59. The van der Waals surface area contributed by atoms with Gasteiger partial charge in [-0.05, 0) is 29.7 Å². The summed E-state index contributed by atoms with van der Waals surface area (Å²) in [5.41, 5.74) is 7.66. The maximum atomic E-state index is 12.9.